The number of hydrogen-bond acceptors (Lipinski definition) is 6. The second kappa shape index (κ2) is 9.02. The molecular weight excluding hydrogens is 238 g/mol. The summed E-state index contributed by atoms with van der Waals surface area (Å²) >= 11 is 0. The van der Waals surface area contributed by atoms with E-state index in [1.165, 1.54) is 0 Å². The van der Waals surface area contributed by atoms with E-state index in [0.29, 0.717) is 19.4 Å². The third-order valence-electron chi connectivity index (χ3n) is 2.62. The van der Waals surface area contributed by atoms with Crippen LogP contribution in [0.25, 0.3) is 0 Å². The van der Waals surface area contributed by atoms with Crippen molar-refractivity contribution in [1.29, 1.82) is 0 Å². The van der Waals surface area contributed by atoms with Gasteiger partial charge < -0.3 is 24.6 Å². The van der Waals surface area contributed by atoms with Crippen LogP contribution in [-0.2, 0) is 14.3 Å². The number of ether oxygens (including phenoxy) is 1. The van der Waals surface area contributed by atoms with E-state index in [4.69, 9.17) is 14.9 Å². The van der Waals surface area contributed by atoms with E-state index in [2.05, 4.69) is 0 Å². The summed E-state index contributed by atoms with van der Waals surface area (Å²) in [6, 6.07) is 0. The number of esters is 1. The third-order valence-corrected chi connectivity index (χ3v) is 2.62. The van der Waals surface area contributed by atoms with Gasteiger partial charge in [0.25, 0.3) is 0 Å². The molecule has 0 aromatic rings. The molecule has 0 spiro atoms. The van der Waals surface area contributed by atoms with Gasteiger partial charge in [0.2, 0.25) is 0 Å². The fourth-order valence-electron chi connectivity index (χ4n) is 1.44. The minimum absolute atomic E-state index is 0.104. The quantitative estimate of drug-likeness (QED) is 0.404. The number of aldehydes is 1. The van der Waals surface area contributed by atoms with Gasteiger partial charge in [0.15, 0.2) is 0 Å². The Bertz CT molecular complexity index is 253. The normalized spacial score (nSPS) is 11.6. The van der Waals surface area contributed by atoms with Crippen molar-refractivity contribution in [2.75, 3.05) is 40.0 Å². The van der Waals surface area contributed by atoms with Crippen molar-refractivity contribution in [1.82, 2.24) is 4.90 Å². The van der Waals surface area contributed by atoms with Crippen molar-refractivity contribution in [2.45, 2.75) is 19.8 Å². The molecular formula is C12H23NO5. The summed E-state index contributed by atoms with van der Waals surface area (Å²) < 4.78 is 4.93. The Morgan fingerprint density at radius 3 is 2.50 bits per heavy atom. The van der Waals surface area contributed by atoms with Crippen LogP contribution in [0.4, 0.5) is 0 Å². The second-order valence-electron chi connectivity index (χ2n) is 4.79. The first-order valence-corrected chi connectivity index (χ1v) is 5.97. The molecule has 0 aliphatic carbocycles. The van der Waals surface area contributed by atoms with Crippen LogP contribution in [0.1, 0.15) is 19.8 Å². The first-order chi connectivity index (χ1) is 8.47. The Hall–Kier alpha value is -0.980. The number of carbonyl (C=O) groups excluding carboxylic acids is 2. The lowest BCUT2D eigenvalue weighted by atomic mass is 9.92. The monoisotopic (exact) mass is 261 g/mol. The van der Waals surface area contributed by atoms with E-state index in [0.717, 1.165) is 0 Å². The highest BCUT2D eigenvalue weighted by Crippen LogP contribution is 2.15. The second-order valence-corrected chi connectivity index (χ2v) is 4.79. The molecule has 0 aromatic heterocycles. The van der Waals surface area contributed by atoms with Crippen LogP contribution < -0.4 is 0 Å². The summed E-state index contributed by atoms with van der Waals surface area (Å²) in [7, 11) is 1.82. The predicted molar refractivity (Wildman–Crippen MR) is 66.0 cm³/mol. The van der Waals surface area contributed by atoms with Crippen molar-refractivity contribution in [3.63, 3.8) is 0 Å². The van der Waals surface area contributed by atoms with Crippen LogP contribution in [-0.4, -0.2) is 67.3 Å². The van der Waals surface area contributed by atoms with E-state index < -0.39 is 5.41 Å². The molecule has 0 atom stereocenters. The van der Waals surface area contributed by atoms with Gasteiger partial charge in [-0.15, -0.1) is 0 Å². The average Bonchev–Trinajstić information content (AvgIpc) is 2.36. The number of rotatable bonds is 10. The molecule has 2 N–H and O–H groups in total. The van der Waals surface area contributed by atoms with Gasteiger partial charge in [0.05, 0.1) is 19.6 Å². The zero-order chi connectivity index (χ0) is 14.0. The van der Waals surface area contributed by atoms with Crippen molar-refractivity contribution in [3.8, 4) is 0 Å². The van der Waals surface area contributed by atoms with Gasteiger partial charge in [-0.05, 0) is 7.05 Å². The maximum absolute atomic E-state index is 11.1. The van der Waals surface area contributed by atoms with E-state index in [-0.39, 0.29) is 38.6 Å². The predicted octanol–water partition coefficient (Wildman–Crippen LogP) is -0.569. The van der Waals surface area contributed by atoms with E-state index in [9.17, 15) is 9.59 Å². The van der Waals surface area contributed by atoms with Gasteiger partial charge in [0, 0.05) is 24.9 Å². The standard InChI is InChI=1S/C12H23NO5/c1-12(9-15,10-16)8-13(2)5-7-18-11(17)4-3-6-14/h6,15-16H,3-5,7-10H2,1-2H3. The smallest absolute Gasteiger partial charge is 0.306 e. The molecule has 0 radical (unpaired) electrons. The van der Waals surface area contributed by atoms with Crippen LogP contribution in [0.5, 0.6) is 0 Å². The van der Waals surface area contributed by atoms with Gasteiger partial charge in [-0.2, -0.15) is 0 Å². The molecule has 18 heavy (non-hydrogen) atoms. The molecule has 106 valence electrons. The zero-order valence-corrected chi connectivity index (χ0v) is 11.1. The minimum Gasteiger partial charge on any atom is -0.464 e. The lowest BCUT2D eigenvalue weighted by Gasteiger charge is -2.30. The van der Waals surface area contributed by atoms with Crippen molar-refractivity contribution >= 4 is 12.3 Å². The SMILES string of the molecule is CN(CCOC(=O)CCC=O)CC(C)(CO)CO. The topological polar surface area (TPSA) is 87.1 Å². The number of likely N-dealkylation sites (N-methyl/N-ethyl adjacent to an activating group) is 1. The highest BCUT2D eigenvalue weighted by Gasteiger charge is 2.24. The van der Waals surface area contributed by atoms with Gasteiger partial charge in [-0.1, -0.05) is 6.92 Å². The average molecular weight is 261 g/mol. The zero-order valence-electron chi connectivity index (χ0n) is 11.1. The molecule has 6 heteroatoms. The maximum atomic E-state index is 11.1. The Balaban J connectivity index is 3.80. The summed E-state index contributed by atoms with van der Waals surface area (Å²) in [6.45, 7) is 2.83. The summed E-state index contributed by atoms with van der Waals surface area (Å²) in [6.07, 6.45) is 0.974. The largest absolute Gasteiger partial charge is 0.464 e. The Morgan fingerprint density at radius 2 is 2.00 bits per heavy atom. The van der Waals surface area contributed by atoms with Crippen LogP contribution in [0.15, 0.2) is 0 Å². The van der Waals surface area contributed by atoms with Crippen LogP contribution >= 0.6 is 0 Å². The Labute approximate surface area is 108 Å². The van der Waals surface area contributed by atoms with Crippen molar-refractivity contribution < 1.29 is 24.5 Å². The first-order valence-electron chi connectivity index (χ1n) is 5.97. The number of aliphatic hydroxyl groups excluding tert-OH is 2. The Morgan fingerprint density at radius 1 is 1.39 bits per heavy atom. The molecule has 0 saturated heterocycles. The lowest BCUT2D eigenvalue weighted by molar-refractivity contribution is -0.144. The molecule has 0 aliphatic rings. The third kappa shape index (κ3) is 7.37. The van der Waals surface area contributed by atoms with Crippen LogP contribution in [0.2, 0.25) is 0 Å². The van der Waals surface area contributed by atoms with Gasteiger partial charge in [0.1, 0.15) is 12.9 Å². The van der Waals surface area contributed by atoms with Crippen molar-refractivity contribution in [2.24, 2.45) is 5.41 Å². The molecule has 0 bridgehead atoms. The van der Waals surface area contributed by atoms with Gasteiger partial charge in [-0.25, -0.2) is 0 Å². The summed E-state index contributed by atoms with van der Waals surface area (Å²) in [5.41, 5.74) is -0.559. The van der Waals surface area contributed by atoms with E-state index in [1.807, 2.05) is 11.9 Å². The highest BCUT2D eigenvalue weighted by atomic mass is 16.5. The number of aliphatic hydroxyl groups is 2. The fourth-order valence-corrected chi connectivity index (χ4v) is 1.44. The molecule has 0 saturated carbocycles. The highest BCUT2D eigenvalue weighted by molar-refractivity contribution is 5.72. The maximum Gasteiger partial charge on any atom is 0.306 e. The molecule has 0 aromatic carbocycles. The summed E-state index contributed by atoms with van der Waals surface area (Å²) in [5, 5.41) is 18.3. The first kappa shape index (κ1) is 17.0. The molecule has 0 aliphatic heterocycles. The van der Waals surface area contributed by atoms with E-state index in [1.54, 1.807) is 6.92 Å². The van der Waals surface area contributed by atoms with Gasteiger partial charge in [-0.3, -0.25) is 4.79 Å². The lowest BCUT2D eigenvalue weighted by Crippen LogP contribution is -2.40. The fraction of sp³-hybridized carbons (Fsp3) is 0.833. The molecule has 0 heterocycles. The molecule has 6 nitrogen and oxygen atoms in total. The molecule has 0 rings (SSSR count). The molecule has 0 unspecified atom stereocenters. The minimum atomic E-state index is -0.559. The number of hydrogen-bond donors (Lipinski definition) is 2. The van der Waals surface area contributed by atoms with Gasteiger partial charge >= 0.3 is 5.97 Å². The summed E-state index contributed by atoms with van der Waals surface area (Å²) in [5.74, 6) is -0.387. The molecule has 0 amide bonds. The van der Waals surface area contributed by atoms with E-state index >= 15 is 0 Å². The number of nitrogens with zero attached hydrogens (tertiary/aromatic N) is 1. The van der Waals surface area contributed by atoms with Crippen molar-refractivity contribution in [3.05, 3.63) is 0 Å². The Kier molecular flexibility index (Phi) is 8.53. The van der Waals surface area contributed by atoms with Crippen LogP contribution in [0.3, 0.4) is 0 Å². The summed E-state index contributed by atoms with van der Waals surface area (Å²) in [4.78, 5) is 23.0. The number of carbonyl (C=O) groups is 2. The van der Waals surface area contributed by atoms with Crippen LogP contribution in [0, 0.1) is 5.41 Å². The molecule has 0 fully saturated rings.